The molecule has 0 N–H and O–H groups in total. The maximum Gasteiger partial charge on any atom is 0.210 e. The zero-order valence-electron chi connectivity index (χ0n) is 14.8. The van der Waals surface area contributed by atoms with Gasteiger partial charge in [0.25, 0.3) is 0 Å². The molecule has 1 aliphatic heterocycles. The van der Waals surface area contributed by atoms with Crippen molar-refractivity contribution >= 4 is 17.1 Å². The second-order valence-corrected chi connectivity index (χ2v) is 6.19. The van der Waals surface area contributed by atoms with E-state index in [1.54, 1.807) is 49.6 Å². The Morgan fingerprint density at radius 3 is 2.08 bits per heavy atom. The fraction of sp³-hybridized carbons (Fsp3) is 0.238. The average molecular weight is 354 g/mol. The first kappa shape index (κ1) is 18.0. The molecule has 2 aromatic rings. The monoisotopic (exact) mass is 354 g/mol. The van der Waals surface area contributed by atoms with E-state index in [2.05, 4.69) is 0 Å². The van der Waals surface area contributed by atoms with E-state index in [0.717, 1.165) is 0 Å². The van der Waals surface area contributed by atoms with Crippen molar-refractivity contribution in [1.29, 1.82) is 0 Å². The summed E-state index contributed by atoms with van der Waals surface area (Å²) < 4.78 is 24.4. The van der Waals surface area contributed by atoms with Crippen molar-refractivity contribution in [3.05, 3.63) is 71.6 Å². The van der Waals surface area contributed by atoms with Crippen LogP contribution in [0.2, 0.25) is 0 Å². The van der Waals surface area contributed by atoms with Crippen molar-refractivity contribution in [3.8, 4) is 5.75 Å². The molecular formula is C21H19FO4. The predicted octanol–water partition coefficient (Wildman–Crippen LogP) is 3.91. The van der Waals surface area contributed by atoms with Crippen LogP contribution >= 0.6 is 0 Å². The van der Waals surface area contributed by atoms with E-state index in [9.17, 15) is 14.0 Å². The molecule has 0 aliphatic carbocycles. The number of ether oxygens (including phenoxy) is 2. The van der Waals surface area contributed by atoms with Crippen molar-refractivity contribution in [3.63, 3.8) is 0 Å². The highest BCUT2D eigenvalue weighted by molar-refractivity contribution is 6.20. The Kier molecular flexibility index (Phi) is 4.74. The van der Waals surface area contributed by atoms with Gasteiger partial charge in [-0.05, 0) is 55.3 Å². The normalized spacial score (nSPS) is 18.3. The number of methoxy groups -OCH3 is 1. The van der Waals surface area contributed by atoms with Crippen molar-refractivity contribution < 1.29 is 23.5 Å². The van der Waals surface area contributed by atoms with Gasteiger partial charge in [-0.25, -0.2) is 4.39 Å². The molecule has 134 valence electrons. The molecule has 1 unspecified atom stereocenters. The molecule has 1 heterocycles. The second-order valence-electron chi connectivity index (χ2n) is 6.19. The zero-order valence-corrected chi connectivity index (χ0v) is 14.8. The fourth-order valence-electron chi connectivity index (χ4n) is 3.24. The highest BCUT2D eigenvalue weighted by Crippen LogP contribution is 2.45. The molecule has 0 saturated carbocycles. The molecular weight excluding hydrogens is 335 g/mol. The molecule has 26 heavy (non-hydrogen) atoms. The van der Waals surface area contributed by atoms with E-state index >= 15 is 0 Å². The Bertz CT molecular complexity index is 852. The molecule has 2 aromatic carbocycles. The van der Waals surface area contributed by atoms with Gasteiger partial charge in [0.15, 0.2) is 11.6 Å². The Morgan fingerprint density at radius 1 is 1.00 bits per heavy atom. The van der Waals surface area contributed by atoms with Crippen LogP contribution in [0.4, 0.5) is 4.39 Å². The van der Waals surface area contributed by atoms with Crippen molar-refractivity contribution in [1.82, 2.24) is 0 Å². The van der Waals surface area contributed by atoms with Crippen molar-refractivity contribution in [2.75, 3.05) is 7.11 Å². The second kappa shape index (κ2) is 6.84. The van der Waals surface area contributed by atoms with Crippen LogP contribution in [-0.2, 0) is 14.3 Å². The maximum absolute atomic E-state index is 13.2. The Hall–Kier alpha value is -2.79. The third-order valence-corrected chi connectivity index (χ3v) is 4.59. The minimum atomic E-state index is -1.67. The van der Waals surface area contributed by atoms with Crippen LogP contribution in [0.5, 0.6) is 5.75 Å². The Morgan fingerprint density at radius 2 is 1.58 bits per heavy atom. The molecule has 5 heteroatoms. The zero-order chi connectivity index (χ0) is 18.9. The third-order valence-electron chi connectivity index (χ3n) is 4.59. The van der Waals surface area contributed by atoms with E-state index in [-0.39, 0.29) is 5.82 Å². The summed E-state index contributed by atoms with van der Waals surface area (Å²) >= 11 is 0. The highest BCUT2D eigenvalue weighted by atomic mass is 19.1. The lowest BCUT2D eigenvalue weighted by molar-refractivity contribution is -0.149. The van der Waals surface area contributed by atoms with Crippen molar-refractivity contribution in [2.45, 2.75) is 25.6 Å². The summed E-state index contributed by atoms with van der Waals surface area (Å²) in [6.07, 6.45) is 1.12. The topological polar surface area (TPSA) is 52.6 Å². The number of carbonyl (C=O) groups excluding carboxylic acids is 2. The Balaban J connectivity index is 2.12. The molecule has 1 atom stereocenters. The van der Waals surface area contributed by atoms with Gasteiger partial charge in [-0.15, -0.1) is 0 Å². The van der Waals surface area contributed by atoms with Crippen molar-refractivity contribution in [2.24, 2.45) is 0 Å². The van der Waals surface area contributed by atoms with Gasteiger partial charge in [0.05, 0.1) is 7.11 Å². The molecule has 0 amide bonds. The summed E-state index contributed by atoms with van der Waals surface area (Å²) in [5, 5.41) is 0. The summed E-state index contributed by atoms with van der Waals surface area (Å²) in [7, 11) is 1.56. The number of hydrogen-bond acceptors (Lipinski definition) is 4. The molecule has 1 aliphatic rings. The lowest BCUT2D eigenvalue weighted by Crippen LogP contribution is -2.45. The summed E-state index contributed by atoms with van der Waals surface area (Å²) in [5.74, 6) is -0.483. The van der Waals surface area contributed by atoms with E-state index in [1.165, 1.54) is 26.0 Å². The molecule has 0 aromatic heterocycles. The molecule has 0 spiro atoms. The molecule has 0 fully saturated rings. The minimum Gasteiger partial charge on any atom is -0.497 e. The lowest BCUT2D eigenvalue weighted by atomic mass is 9.83. The number of rotatable bonds is 5. The molecule has 0 saturated heterocycles. The largest absolute Gasteiger partial charge is 0.497 e. The number of carbonyl (C=O) groups is 2. The fourth-order valence-corrected chi connectivity index (χ4v) is 3.24. The van der Waals surface area contributed by atoms with Crippen LogP contribution in [0.15, 0.2) is 54.6 Å². The van der Waals surface area contributed by atoms with Gasteiger partial charge in [-0.3, -0.25) is 9.59 Å². The average Bonchev–Trinajstić information content (AvgIpc) is 3.04. The quantitative estimate of drug-likeness (QED) is 0.764. The standard InChI is InChI=1S/C21H19FO4/c1-13(23)21(14(2)24)19(15-6-10-18(25-3)11-7-15)12-20(26-21)16-4-8-17(22)9-5-16/h4-12,20H,1-3H3. The van der Waals surface area contributed by atoms with Gasteiger partial charge in [0, 0.05) is 5.57 Å². The first-order chi connectivity index (χ1) is 12.4. The smallest absolute Gasteiger partial charge is 0.210 e. The van der Waals surface area contributed by atoms with Crippen LogP contribution in [0, 0.1) is 5.82 Å². The third kappa shape index (κ3) is 2.95. The Labute approximate surface area is 151 Å². The molecule has 0 bridgehead atoms. The van der Waals surface area contributed by atoms with E-state index < -0.39 is 23.3 Å². The van der Waals surface area contributed by atoms with Crippen LogP contribution < -0.4 is 4.74 Å². The first-order valence-electron chi connectivity index (χ1n) is 8.20. The number of Topliss-reactive ketones (excluding diaryl/α,β-unsaturated/α-hetero) is 2. The SMILES string of the molecule is COc1ccc(C2=CC(c3ccc(F)cc3)OC2(C(C)=O)C(C)=O)cc1. The first-order valence-corrected chi connectivity index (χ1v) is 8.20. The maximum atomic E-state index is 13.2. The number of halogens is 1. The van der Waals surface area contributed by atoms with E-state index in [1.807, 2.05) is 0 Å². The molecule has 3 rings (SSSR count). The van der Waals surface area contributed by atoms with Gasteiger partial charge in [-0.2, -0.15) is 0 Å². The predicted molar refractivity (Wildman–Crippen MR) is 95.3 cm³/mol. The number of hydrogen-bond donors (Lipinski definition) is 0. The van der Waals surface area contributed by atoms with Gasteiger partial charge >= 0.3 is 0 Å². The van der Waals surface area contributed by atoms with Crippen LogP contribution in [0.3, 0.4) is 0 Å². The van der Waals surface area contributed by atoms with Gasteiger partial charge in [0.2, 0.25) is 5.60 Å². The summed E-state index contributed by atoms with van der Waals surface area (Å²) in [6.45, 7) is 2.68. The lowest BCUT2D eigenvalue weighted by Gasteiger charge is -2.28. The summed E-state index contributed by atoms with van der Waals surface area (Å²) in [6, 6.07) is 12.9. The number of ketones is 2. The van der Waals surface area contributed by atoms with Gasteiger partial charge in [-0.1, -0.05) is 24.3 Å². The molecule has 4 nitrogen and oxygen atoms in total. The van der Waals surface area contributed by atoms with Gasteiger partial charge < -0.3 is 9.47 Å². The van der Waals surface area contributed by atoms with Crippen LogP contribution in [-0.4, -0.2) is 24.3 Å². The minimum absolute atomic E-state index is 0.365. The summed E-state index contributed by atoms with van der Waals surface area (Å²) in [5.41, 5.74) is 0.185. The van der Waals surface area contributed by atoms with E-state index in [0.29, 0.717) is 22.4 Å². The highest BCUT2D eigenvalue weighted by Gasteiger charge is 2.51. The van der Waals surface area contributed by atoms with Crippen LogP contribution in [0.1, 0.15) is 31.1 Å². The van der Waals surface area contributed by atoms with E-state index in [4.69, 9.17) is 9.47 Å². The summed E-state index contributed by atoms with van der Waals surface area (Å²) in [4.78, 5) is 25.0. The molecule has 0 radical (unpaired) electrons. The van der Waals surface area contributed by atoms with Gasteiger partial charge in [0.1, 0.15) is 17.7 Å². The van der Waals surface area contributed by atoms with Crippen LogP contribution in [0.25, 0.3) is 5.57 Å². The number of benzene rings is 2.